The van der Waals surface area contributed by atoms with Gasteiger partial charge in [-0.2, -0.15) is 5.10 Å². The first-order valence-corrected chi connectivity index (χ1v) is 9.24. The molecule has 2 aromatic carbocycles. The Kier molecular flexibility index (Phi) is 5.15. The van der Waals surface area contributed by atoms with E-state index in [0.29, 0.717) is 21.4 Å². The van der Waals surface area contributed by atoms with Crippen LogP contribution in [0.1, 0.15) is 16.1 Å². The van der Waals surface area contributed by atoms with E-state index in [1.807, 2.05) is 30.3 Å². The lowest BCUT2D eigenvalue weighted by Gasteiger charge is -2.01. The monoisotopic (exact) mass is 408 g/mol. The fourth-order valence-electron chi connectivity index (χ4n) is 2.81. The molecule has 1 N–H and O–H groups in total. The Balaban J connectivity index is 1.56. The number of allylic oxidation sites excluding steroid dienone is 1. The quantitative estimate of drug-likeness (QED) is 0.301. The molecule has 2 aromatic heterocycles. The molecule has 0 saturated carbocycles. The summed E-state index contributed by atoms with van der Waals surface area (Å²) in [6, 6.07) is 18.2. The molecule has 28 heavy (non-hydrogen) atoms. The lowest BCUT2D eigenvalue weighted by molar-refractivity contribution is 0.102. The number of carbonyl (C=O) groups is 1. The van der Waals surface area contributed by atoms with Crippen LogP contribution in [0.2, 0.25) is 10.0 Å². The van der Waals surface area contributed by atoms with Crippen LogP contribution in [-0.4, -0.2) is 16.0 Å². The summed E-state index contributed by atoms with van der Waals surface area (Å²) in [5.74, 6) is 0.477. The molecular weight excluding hydrogens is 395 g/mol. The summed E-state index contributed by atoms with van der Waals surface area (Å²) in [5.41, 5.74) is 3.32. The lowest BCUT2D eigenvalue weighted by atomic mass is 10.1. The zero-order chi connectivity index (χ0) is 19.5. The van der Waals surface area contributed by atoms with Crippen molar-refractivity contribution in [2.45, 2.75) is 0 Å². The van der Waals surface area contributed by atoms with Gasteiger partial charge >= 0.3 is 0 Å². The second kappa shape index (κ2) is 7.89. The van der Waals surface area contributed by atoms with Crippen LogP contribution in [0.5, 0.6) is 0 Å². The Morgan fingerprint density at radius 2 is 1.86 bits per heavy atom. The van der Waals surface area contributed by atoms with Crippen LogP contribution >= 0.6 is 23.2 Å². The van der Waals surface area contributed by atoms with Crippen LogP contribution in [-0.2, 0) is 0 Å². The van der Waals surface area contributed by atoms with Crippen molar-refractivity contribution in [2.75, 3.05) is 0 Å². The first kappa shape index (κ1) is 18.3. The van der Waals surface area contributed by atoms with E-state index < -0.39 is 0 Å². The first-order valence-electron chi connectivity index (χ1n) is 8.48. The number of halogens is 2. The molecule has 138 valence electrons. The number of hydrogen-bond acceptors (Lipinski definition) is 3. The number of rotatable bonds is 5. The van der Waals surface area contributed by atoms with Crippen molar-refractivity contribution >= 4 is 35.1 Å². The average Bonchev–Trinajstić information content (AvgIpc) is 3.36. The van der Waals surface area contributed by atoms with E-state index in [0.717, 1.165) is 16.8 Å². The summed E-state index contributed by atoms with van der Waals surface area (Å²) in [6.45, 7) is 0. The van der Waals surface area contributed by atoms with Crippen LogP contribution in [0.25, 0.3) is 28.7 Å². The van der Waals surface area contributed by atoms with Gasteiger partial charge in [-0.15, -0.1) is 0 Å². The highest BCUT2D eigenvalue weighted by atomic mass is 35.5. The summed E-state index contributed by atoms with van der Waals surface area (Å²) in [4.78, 5) is 12.5. The van der Waals surface area contributed by atoms with Crippen LogP contribution in [0, 0.1) is 0 Å². The van der Waals surface area contributed by atoms with Gasteiger partial charge in [-0.3, -0.25) is 9.89 Å². The fourth-order valence-corrected chi connectivity index (χ4v) is 3.31. The number of nitrogens with zero attached hydrogens (tertiary/aromatic N) is 1. The Hall–Kier alpha value is -3.08. The van der Waals surface area contributed by atoms with Gasteiger partial charge < -0.3 is 4.42 Å². The molecule has 0 spiro atoms. The predicted molar refractivity (Wildman–Crippen MR) is 112 cm³/mol. The fraction of sp³-hybridized carbons (Fsp3) is 0. The third-order valence-electron chi connectivity index (χ3n) is 4.19. The summed E-state index contributed by atoms with van der Waals surface area (Å²) in [6.07, 6.45) is 4.85. The Morgan fingerprint density at radius 3 is 2.64 bits per heavy atom. The molecule has 0 aliphatic heterocycles. The molecule has 0 fully saturated rings. The highest BCUT2D eigenvalue weighted by molar-refractivity contribution is 6.36. The maximum atomic E-state index is 12.5. The van der Waals surface area contributed by atoms with Crippen molar-refractivity contribution < 1.29 is 9.21 Å². The molecule has 0 amide bonds. The molecule has 6 heteroatoms. The molecule has 0 atom stereocenters. The van der Waals surface area contributed by atoms with Crippen molar-refractivity contribution in [2.24, 2.45) is 0 Å². The van der Waals surface area contributed by atoms with E-state index in [4.69, 9.17) is 27.6 Å². The SMILES string of the molecule is O=C(C=Cc1cn[nH]c1-c1ccccc1)c1ccc(-c2ccc(Cl)cc2Cl)o1. The van der Waals surface area contributed by atoms with E-state index in [2.05, 4.69) is 10.2 Å². The van der Waals surface area contributed by atoms with Crippen LogP contribution in [0.15, 0.2) is 77.4 Å². The standard InChI is InChI=1S/C22H14Cl2N2O2/c23-16-7-8-17(18(24)12-16)20-10-11-21(28-20)19(27)9-6-15-13-25-26-22(15)14-4-2-1-3-5-14/h1-13H,(H,25,26). The number of nitrogens with one attached hydrogen (secondary N) is 1. The van der Waals surface area contributed by atoms with Gasteiger partial charge in [0.15, 0.2) is 5.76 Å². The van der Waals surface area contributed by atoms with E-state index in [9.17, 15) is 4.79 Å². The van der Waals surface area contributed by atoms with Gasteiger partial charge in [-0.1, -0.05) is 53.5 Å². The molecular formula is C22H14Cl2N2O2. The third kappa shape index (κ3) is 3.79. The summed E-state index contributed by atoms with van der Waals surface area (Å²) in [7, 11) is 0. The summed E-state index contributed by atoms with van der Waals surface area (Å²) >= 11 is 12.1. The molecule has 2 heterocycles. The zero-order valence-corrected chi connectivity index (χ0v) is 16.0. The van der Waals surface area contributed by atoms with Gasteiger partial charge in [0.2, 0.25) is 5.78 Å². The van der Waals surface area contributed by atoms with Gasteiger partial charge in [0.05, 0.1) is 16.9 Å². The Morgan fingerprint density at radius 1 is 1.04 bits per heavy atom. The van der Waals surface area contributed by atoms with Crippen molar-refractivity contribution in [1.29, 1.82) is 0 Å². The van der Waals surface area contributed by atoms with Crippen LogP contribution in [0.4, 0.5) is 0 Å². The van der Waals surface area contributed by atoms with Crippen LogP contribution < -0.4 is 0 Å². The molecule has 0 aliphatic rings. The topological polar surface area (TPSA) is 58.9 Å². The van der Waals surface area contributed by atoms with Gasteiger partial charge in [-0.25, -0.2) is 0 Å². The molecule has 0 unspecified atom stereocenters. The second-order valence-electron chi connectivity index (χ2n) is 6.05. The largest absolute Gasteiger partial charge is 0.453 e. The van der Waals surface area contributed by atoms with E-state index in [1.54, 1.807) is 42.6 Å². The third-order valence-corrected chi connectivity index (χ3v) is 4.74. The summed E-state index contributed by atoms with van der Waals surface area (Å²) in [5, 5.41) is 8.03. The maximum absolute atomic E-state index is 12.5. The van der Waals surface area contributed by atoms with E-state index in [1.165, 1.54) is 6.08 Å². The molecule has 4 nitrogen and oxygen atoms in total. The molecule has 0 aliphatic carbocycles. The van der Waals surface area contributed by atoms with Gasteiger partial charge in [0.1, 0.15) is 5.76 Å². The number of benzene rings is 2. The smallest absolute Gasteiger partial charge is 0.221 e. The van der Waals surface area contributed by atoms with Crippen LogP contribution in [0.3, 0.4) is 0 Å². The highest BCUT2D eigenvalue weighted by Gasteiger charge is 2.13. The molecule has 4 rings (SSSR count). The van der Waals surface area contributed by atoms with Crippen molar-refractivity contribution in [1.82, 2.24) is 10.2 Å². The minimum Gasteiger partial charge on any atom is -0.453 e. The maximum Gasteiger partial charge on any atom is 0.221 e. The minimum atomic E-state index is -0.253. The molecule has 0 bridgehead atoms. The zero-order valence-electron chi connectivity index (χ0n) is 14.5. The van der Waals surface area contributed by atoms with E-state index >= 15 is 0 Å². The van der Waals surface area contributed by atoms with E-state index in [-0.39, 0.29) is 11.5 Å². The van der Waals surface area contributed by atoms with Gasteiger partial charge in [0.25, 0.3) is 0 Å². The highest BCUT2D eigenvalue weighted by Crippen LogP contribution is 2.31. The van der Waals surface area contributed by atoms with Gasteiger partial charge in [0, 0.05) is 21.7 Å². The number of aromatic amines is 1. The molecule has 4 aromatic rings. The normalized spacial score (nSPS) is 11.2. The minimum absolute atomic E-state index is 0.224. The average molecular weight is 409 g/mol. The second-order valence-corrected chi connectivity index (χ2v) is 6.90. The molecule has 0 radical (unpaired) electrons. The number of carbonyl (C=O) groups excluding carboxylic acids is 1. The summed E-state index contributed by atoms with van der Waals surface area (Å²) < 4.78 is 5.69. The number of H-pyrrole nitrogens is 1. The molecule has 0 saturated heterocycles. The first-order chi connectivity index (χ1) is 13.6. The Labute approximate surface area is 171 Å². The number of ketones is 1. The van der Waals surface area contributed by atoms with Crippen molar-refractivity contribution in [3.63, 3.8) is 0 Å². The van der Waals surface area contributed by atoms with Crippen molar-refractivity contribution in [3.8, 4) is 22.6 Å². The Bertz CT molecular complexity index is 1160. The lowest BCUT2D eigenvalue weighted by Crippen LogP contribution is -1.90. The van der Waals surface area contributed by atoms with Gasteiger partial charge in [-0.05, 0) is 42.5 Å². The van der Waals surface area contributed by atoms with Crippen molar-refractivity contribution in [3.05, 3.63) is 94.3 Å². The number of furan rings is 1. The number of aromatic nitrogens is 2. The predicted octanol–water partition coefficient (Wildman–Crippen LogP) is 6.54. The number of hydrogen-bond donors (Lipinski definition) is 1.